The summed E-state index contributed by atoms with van der Waals surface area (Å²) in [5, 5.41) is 21.6. The lowest BCUT2D eigenvalue weighted by Crippen LogP contribution is -2.35. The Bertz CT molecular complexity index is 452. The summed E-state index contributed by atoms with van der Waals surface area (Å²) in [4.78, 5) is 25.2. The second kappa shape index (κ2) is 5.55. The van der Waals surface area contributed by atoms with Crippen LogP contribution in [-0.2, 0) is 0 Å². The van der Waals surface area contributed by atoms with Crippen molar-refractivity contribution in [3.8, 4) is 0 Å². The molecule has 1 aromatic rings. The fraction of sp³-hybridized carbons (Fsp3) is 0.333. The van der Waals surface area contributed by atoms with Gasteiger partial charge >= 0.3 is 5.69 Å². The van der Waals surface area contributed by atoms with E-state index >= 15 is 0 Å². The molecule has 7 nitrogen and oxygen atoms in total. The molecule has 0 unspecified atom stereocenters. The maximum absolute atomic E-state index is 11.7. The standard InChI is InChI=1S/C9H10ClN3O4/c1-5(4-14)12-9(15)6-2-3-11-8(10)7(6)13(16)17/h2-3,5,14H,4H2,1H3,(H,12,15)/t5-/m1/s1. The molecule has 0 saturated heterocycles. The SMILES string of the molecule is C[C@H](CO)NC(=O)c1ccnc(Cl)c1[N+](=O)[O-]. The van der Waals surface area contributed by atoms with Gasteiger partial charge < -0.3 is 10.4 Å². The van der Waals surface area contributed by atoms with Crippen LogP contribution < -0.4 is 5.32 Å². The molecule has 17 heavy (non-hydrogen) atoms. The summed E-state index contributed by atoms with van der Waals surface area (Å²) < 4.78 is 0. The molecular weight excluding hydrogens is 250 g/mol. The lowest BCUT2D eigenvalue weighted by Gasteiger charge is -2.10. The molecule has 0 fully saturated rings. The Morgan fingerprint density at radius 3 is 2.94 bits per heavy atom. The van der Waals surface area contributed by atoms with E-state index in [0.29, 0.717) is 0 Å². The molecular formula is C9H10ClN3O4. The summed E-state index contributed by atoms with van der Waals surface area (Å²) in [5.41, 5.74) is -0.730. The number of hydrogen-bond donors (Lipinski definition) is 2. The zero-order valence-corrected chi connectivity index (χ0v) is 9.64. The highest BCUT2D eigenvalue weighted by Gasteiger charge is 2.25. The number of aliphatic hydroxyl groups excluding tert-OH is 1. The second-order valence-corrected chi connectivity index (χ2v) is 3.67. The minimum absolute atomic E-state index is 0.185. The zero-order chi connectivity index (χ0) is 13.0. The molecule has 2 N–H and O–H groups in total. The van der Waals surface area contributed by atoms with E-state index in [1.807, 2.05) is 0 Å². The summed E-state index contributed by atoms with van der Waals surface area (Å²) in [6.45, 7) is 1.30. The number of carbonyl (C=O) groups excluding carboxylic acids is 1. The van der Waals surface area contributed by atoms with Crippen molar-refractivity contribution in [2.75, 3.05) is 6.61 Å². The molecule has 1 amide bonds. The highest BCUT2D eigenvalue weighted by molar-refractivity contribution is 6.32. The number of pyridine rings is 1. The van der Waals surface area contributed by atoms with Crippen molar-refractivity contribution < 1.29 is 14.8 Å². The number of aliphatic hydroxyl groups is 1. The van der Waals surface area contributed by atoms with Crippen molar-refractivity contribution >= 4 is 23.2 Å². The van der Waals surface area contributed by atoms with E-state index in [1.54, 1.807) is 6.92 Å². The maximum Gasteiger partial charge on any atom is 0.319 e. The fourth-order valence-corrected chi connectivity index (χ4v) is 1.36. The van der Waals surface area contributed by atoms with Gasteiger partial charge in [-0.1, -0.05) is 11.6 Å². The van der Waals surface area contributed by atoms with Crippen LogP contribution in [0.25, 0.3) is 0 Å². The molecule has 0 saturated carbocycles. The van der Waals surface area contributed by atoms with Gasteiger partial charge in [-0.3, -0.25) is 14.9 Å². The molecule has 0 radical (unpaired) electrons. The van der Waals surface area contributed by atoms with Crippen LogP contribution in [0, 0.1) is 10.1 Å². The number of nitrogens with zero attached hydrogens (tertiary/aromatic N) is 2. The first-order valence-corrected chi connectivity index (χ1v) is 5.05. The van der Waals surface area contributed by atoms with Crippen LogP contribution in [0.4, 0.5) is 5.69 Å². The van der Waals surface area contributed by atoms with Crippen LogP contribution in [0.1, 0.15) is 17.3 Å². The van der Waals surface area contributed by atoms with E-state index in [0.717, 1.165) is 0 Å². The van der Waals surface area contributed by atoms with Gasteiger partial charge in [0.05, 0.1) is 11.5 Å². The van der Waals surface area contributed by atoms with Crippen LogP contribution in [0.5, 0.6) is 0 Å². The Kier molecular flexibility index (Phi) is 4.36. The lowest BCUT2D eigenvalue weighted by atomic mass is 10.2. The first-order valence-electron chi connectivity index (χ1n) is 4.68. The van der Waals surface area contributed by atoms with Gasteiger partial charge in [0.2, 0.25) is 5.15 Å². The number of rotatable bonds is 4. The predicted molar refractivity (Wildman–Crippen MR) is 59.9 cm³/mol. The summed E-state index contributed by atoms with van der Waals surface area (Å²) in [6, 6.07) is 0.692. The minimum atomic E-state index is -0.770. The quantitative estimate of drug-likeness (QED) is 0.472. The highest BCUT2D eigenvalue weighted by atomic mass is 35.5. The van der Waals surface area contributed by atoms with Crippen LogP contribution >= 0.6 is 11.6 Å². The number of nitrogens with one attached hydrogen (secondary N) is 1. The second-order valence-electron chi connectivity index (χ2n) is 3.31. The smallest absolute Gasteiger partial charge is 0.319 e. The maximum atomic E-state index is 11.7. The number of halogens is 1. The average molecular weight is 260 g/mol. The van der Waals surface area contributed by atoms with Crippen molar-refractivity contribution in [1.82, 2.24) is 10.3 Å². The van der Waals surface area contributed by atoms with Gasteiger partial charge in [0.15, 0.2) is 0 Å². The Balaban J connectivity index is 3.09. The van der Waals surface area contributed by atoms with Crippen molar-refractivity contribution in [3.05, 3.63) is 33.1 Å². The Morgan fingerprint density at radius 1 is 1.76 bits per heavy atom. The van der Waals surface area contributed by atoms with E-state index < -0.39 is 22.6 Å². The van der Waals surface area contributed by atoms with Crippen LogP contribution in [0.3, 0.4) is 0 Å². The molecule has 1 rings (SSSR count). The molecule has 0 spiro atoms. The van der Waals surface area contributed by atoms with Crippen LogP contribution in [0.15, 0.2) is 12.3 Å². The third kappa shape index (κ3) is 3.11. The van der Waals surface area contributed by atoms with E-state index in [4.69, 9.17) is 16.7 Å². The predicted octanol–water partition coefficient (Wildman–Crippen LogP) is 0.754. The topological polar surface area (TPSA) is 105 Å². The van der Waals surface area contributed by atoms with E-state index in [2.05, 4.69) is 10.3 Å². The third-order valence-corrected chi connectivity index (χ3v) is 2.23. The van der Waals surface area contributed by atoms with Crippen molar-refractivity contribution in [1.29, 1.82) is 0 Å². The molecule has 0 aliphatic carbocycles. The zero-order valence-electron chi connectivity index (χ0n) is 8.88. The molecule has 0 aliphatic heterocycles. The molecule has 1 heterocycles. The van der Waals surface area contributed by atoms with Crippen molar-refractivity contribution in [2.45, 2.75) is 13.0 Å². The van der Waals surface area contributed by atoms with Gasteiger partial charge in [-0.15, -0.1) is 0 Å². The van der Waals surface area contributed by atoms with Gasteiger partial charge in [0, 0.05) is 12.2 Å². The Labute approximate surface area is 102 Å². The number of hydrogen-bond acceptors (Lipinski definition) is 5. The largest absolute Gasteiger partial charge is 0.394 e. The fourth-order valence-electron chi connectivity index (χ4n) is 1.13. The van der Waals surface area contributed by atoms with E-state index in [9.17, 15) is 14.9 Å². The third-order valence-electron chi connectivity index (χ3n) is 1.96. The van der Waals surface area contributed by atoms with Gasteiger partial charge in [0.1, 0.15) is 5.56 Å². The van der Waals surface area contributed by atoms with Crippen LogP contribution in [-0.4, -0.2) is 33.6 Å². The Hall–Kier alpha value is -1.73. The number of carbonyl (C=O) groups is 1. The minimum Gasteiger partial charge on any atom is -0.394 e. The molecule has 0 aliphatic rings. The van der Waals surface area contributed by atoms with E-state index in [1.165, 1.54) is 12.3 Å². The van der Waals surface area contributed by atoms with Gasteiger partial charge in [0.25, 0.3) is 5.91 Å². The van der Waals surface area contributed by atoms with Gasteiger partial charge in [-0.25, -0.2) is 4.98 Å². The number of nitro groups is 1. The lowest BCUT2D eigenvalue weighted by molar-refractivity contribution is -0.385. The first kappa shape index (κ1) is 13.3. The van der Waals surface area contributed by atoms with Gasteiger partial charge in [-0.05, 0) is 13.0 Å². The van der Waals surface area contributed by atoms with Gasteiger partial charge in [-0.2, -0.15) is 0 Å². The average Bonchev–Trinajstić information content (AvgIpc) is 2.27. The van der Waals surface area contributed by atoms with Crippen molar-refractivity contribution in [2.24, 2.45) is 0 Å². The number of amides is 1. The number of aromatic nitrogens is 1. The molecule has 0 bridgehead atoms. The Morgan fingerprint density at radius 2 is 2.41 bits per heavy atom. The summed E-state index contributed by atoms with van der Waals surface area (Å²) in [6.07, 6.45) is 1.20. The highest BCUT2D eigenvalue weighted by Crippen LogP contribution is 2.25. The summed E-state index contributed by atoms with van der Waals surface area (Å²) in [5.74, 6) is -0.678. The van der Waals surface area contributed by atoms with E-state index in [-0.39, 0.29) is 17.3 Å². The molecule has 92 valence electrons. The van der Waals surface area contributed by atoms with Crippen LogP contribution in [0.2, 0.25) is 5.15 Å². The molecule has 1 aromatic heterocycles. The van der Waals surface area contributed by atoms with Crippen molar-refractivity contribution in [3.63, 3.8) is 0 Å². The monoisotopic (exact) mass is 259 g/mol. The molecule has 8 heteroatoms. The first-order chi connectivity index (χ1) is 7.97. The summed E-state index contributed by atoms with van der Waals surface area (Å²) >= 11 is 5.56. The molecule has 0 aromatic carbocycles. The normalized spacial score (nSPS) is 11.9. The summed E-state index contributed by atoms with van der Waals surface area (Å²) in [7, 11) is 0. The molecule has 1 atom stereocenters.